The van der Waals surface area contributed by atoms with Crippen molar-refractivity contribution in [1.82, 2.24) is 0 Å². The Balaban J connectivity index is 1.90. The zero-order valence-corrected chi connectivity index (χ0v) is 13.3. The third-order valence-corrected chi connectivity index (χ3v) is 3.52. The van der Waals surface area contributed by atoms with Crippen LogP contribution in [-0.2, 0) is 16.0 Å². The zero-order valence-electron chi connectivity index (χ0n) is 13.3. The van der Waals surface area contributed by atoms with E-state index in [1.807, 2.05) is 24.3 Å². The summed E-state index contributed by atoms with van der Waals surface area (Å²) in [7, 11) is 0. The lowest BCUT2D eigenvalue weighted by atomic mass is 10.1. The molecule has 0 heterocycles. The molecule has 5 nitrogen and oxygen atoms in total. The van der Waals surface area contributed by atoms with Gasteiger partial charge in [-0.05, 0) is 42.7 Å². The lowest BCUT2D eigenvalue weighted by molar-refractivity contribution is -0.119. The summed E-state index contributed by atoms with van der Waals surface area (Å²) in [5.41, 5.74) is 9.12. The van der Waals surface area contributed by atoms with Crippen LogP contribution in [0.3, 0.4) is 0 Å². The topological polar surface area (TPSA) is 81.4 Å². The van der Waals surface area contributed by atoms with Crippen LogP contribution in [0, 0.1) is 6.92 Å². The van der Waals surface area contributed by atoms with Crippen molar-refractivity contribution in [2.45, 2.75) is 20.3 Å². The number of rotatable bonds is 5. The van der Waals surface area contributed by atoms with Crippen molar-refractivity contribution in [2.24, 2.45) is 0 Å². The van der Waals surface area contributed by atoms with Gasteiger partial charge in [-0.1, -0.05) is 31.2 Å². The Bertz CT molecular complexity index is 709. The van der Waals surface area contributed by atoms with Gasteiger partial charge in [0, 0.05) is 11.4 Å². The van der Waals surface area contributed by atoms with Gasteiger partial charge in [0.2, 0.25) is 0 Å². The number of benzene rings is 2. The Morgan fingerprint density at radius 2 is 1.83 bits per heavy atom. The molecule has 0 atom stereocenters. The predicted octanol–water partition coefficient (Wildman–Crippen LogP) is 2.94. The third kappa shape index (κ3) is 4.32. The van der Waals surface area contributed by atoms with Crippen molar-refractivity contribution < 1.29 is 14.3 Å². The highest BCUT2D eigenvalue weighted by atomic mass is 16.5. The Morgan fingerprint density at radius 3 is 2.48 bits per heavy atom. The number of carbonyl (C=O) groups is 2. The Labute approximate surface area is 135 Å². The second-order valence-electron chi connectivity index (χ2n) is 5.21. The van der Waals surface area contributed by atoms with Gasteiger partial charge in [0.05, 0.1) is 5.56 Å². The fourth-order valence-electron chi connectivity index (χ4n) is 2.09. The van der Waals surface area contributed by atoms with Gasteiger partial charge < -0.3 is 15.8 Å². The molecule has 0 saturated heterocycles. The van der Waals surface area contributed by atoms with Gasteiger partial charge in [-0.25, -0.2) is 4.79 Å². The first-order valence-corrected chi connectivity index (χ1v) is 7.42. The van der Waals surface area contributed by atoms with Gasteiger partial charge in [-0.15, -0.1) is 0 Å². The van der Waals surface area contributed by atoms with E-state index in [2.05, 4.69) is 12.2 Å². The summed E-state index contributed by atoms with van der Waals surface area (Å²) in [4.78, 5) is 23.8. The van der Waals surface area contributed by atoms with Gasteiger partial charge in [-0.2, -0.15) is 0 Å². The van der Waals surface area contributed by atoms with Crippen LogP contribution in [0.4, 0.5) is 11.4 Å². The van der Waals surface area contributed by atoms with Crippen LogP contribution in [0.25, 0.3) is 0 Å². The molecule has 2 rings (SSSR count). The van der Waals surface area contributed by atoms with E-state index in [9.17, 15) is 9.59 Å². The van der Waals surface area contributed by atoms with Gasteiger partial charge in [-0.3, -0.25) is 4.79 Å². The summed E-state index contributed by atoms with van der Waals surface area (Å²) in [5, 5.41) is 2.68. The maximum atomic E-state index is 12.0. The number of hydrogen-bond donors (Lipinski definition) is 2. The minimum atomic E-state index is -0.609. The van der Waals surface area contributed by atoms with Crippen LogP contribution >= 0.6 is 0 Å². The number of ether oxygens (including phenoxy) is 1. The van der Waals surface area contributed by atoms with Gasteiger partial charge in [0.1, 0.15) is 0 Å². The molecule has 2 aromatic rings. The number of aryl methyl sites for hydroxylation is 2. The van der Waals surface area contributed by atoms with Gasteiger partial charge in [0.25, 0.3) is 5.91 Å². The number of nitrogens with one attached hydrogen (secondary N) is 1. The first-order chi connectivity index (χ1) is 11.0. The van der Waals surface area contributed by atoms with Crippen molar-refractivity contribution in [3.63, 3.8) is 0 Å². The molecule has 0 fully saturated rings. The molecule has 0 unspecified atom stereocenters. The van der Waals surface area contributed by atoms with E-state index in [-0.39, 0.29) is 12.2 Å². The molecule has 2 aromatic carbocycles. The van der Waals surface area contributed by atoms with Gasteiger partial charge >= 0.3 is 5.97 Å². The fraction of sp³-hybridized carbons (Fsp3) is 0.222. The fourth-order valence-corrected chi connectivity index (χ4v) is 2.09. The average Bonchev–Trinajstić information content (AvgIpc) is 2.56. The number of hydrogen-bond acceptors (Lipinski definition) is 4. The Morgan fingerprint density at radius 1 is 1.13 bits per heavy atom. The minimum Gasteiger partial charge on any atom is -0.452 e. The number of nitrogen functional groups attached to an aromatic ring is 1. The van der Waals surface area contributed by atoms with Crippen LogP contribution in [0.5, 0.6) is 0 Å². The second kappa shape index (κ2) is 7.45. The molecule has 3 N–H and O–H groups in total. The predicted molar refractivity (Wildman–Crippen MR) is 90.3 cm³/mol. The molecule has 0 aliphatic rings. The Kier molecular flexibility index (Phi) is 5.36. The lowest BCUT2D eigenvalue weighted by Crippen LogP contribution is -2.21. The largest absolute Gasteiger partial charge is 0.452 e. The normalized spacial score (nSPS) is 10.2. The SMILES string of the molecule is CCc1ccc(NC(=O)COC(=O)c2cccc(C)c2N)cc1. The molecule has 0 aliphatic carbocycles. The standard InChI is InChI=1S/C18H20N2O3/c1-3-13-7-9-14(10-8-13)20-16(21)11-23-18(22)15-6-4-5-12(2)17(15)19/h4-10H,3,11,19H2,1-2H3,(H,20,21). The van der Waals surface area contributed by atoms with Crippen LogP contribution in [-0.4, -0.2) is 18.5 Å². The maximum absolute atomic E-state index is 12.0. The average molecular weight is 312 g/mol. The highest BCUT2D eigenvalue weighted by molar-refractivity contribution is 5.98. The van der Waals surface area contributed by atoms with E-state index in [4.69, 9.17) is 10.5 Å². The third-order valence-electron chi connectivity index (χ3n) is 3.52. The van der Waals surface area contributed by atoms with Gasteiger partial charge in [0.15, 0.2) is 6.61 Å². The van der Waals surface area contributed by atoms with Crippen molar-refractivity contribution in [2.75, 3.05) is 17.7 Å². The molecule has 1 amide bonds. The number of amides is 1. The van der Waals surface area contributed by atoms with E-state index < -0.39 is 11.9 Å². The van der Waals surface area contributed by atoms with Crippen LogP contribution in [0.1, 0.15) is 28.4 Å². The molecule has 5 heteroatoms. The first-order valence-electron chi connectivity index (χ1n) is 7.42. The summed E-state index contributed by atoms with van der Waals surface area (Å²) in [5.74, 6) is -1.00. The number of para-hydroxylation sites is 1. The molecule has 0 bridgehead atoms. The minimum absolute atomic E-state index is 0.269. The zero-order chi connectivity index (χ0) is 16.8. The summed E-state index contributed by atoms with van der Waals surface area (Å²) in [6, 6.07) is 12.6. The van der Waals surface area contributed by atoms with Crippen molar-refractivity contribution in [3.8, 4) is 0 Å². The van der Waals surface area contributed by atoms with E-state index in [0.29, 0.717) is 11.4 Å². The monoisotopic (exact) mass is 312 g/mol. The lowest BCUT2D eigenvalue weighted by Gasteiger charge is -2.09. The number of carbonyl (C=O) groups excluding carboxylic acids is 2. The molecule has 0 spiro atoms. The molecule has 0 aliphatic heterocycles. The summed E-state index contributed by atoms with van der Waals surface area (Å²) >= 11 is 0. The van der Waals surface area contributed by atoms with Crippen LogP contribution in [0.2, 0.25) is 0 Å². The van der Waals surface area contributed by atoms with E-state index in [1.54, 1.807) is 25.1 Å². The summed E-state index contributed by atoms with van der Waals surface area (Å²) < 4.78 is 5.01. The van der Waals surface area contributed by atoms with Crippen molar-refractivity contribution in [1.29, 1.82) is 0 Å². The molecule has 0 aromatic heterocycles. The van der Waals surface area contributed by atoms with Crippen LogP contribution < -0.4 is 11.1 Å². The summed E-state index contributed by atoms with van der Waals surface area (Å²) in [6.45, 7) is 3.50. The smallest absolute Gasteiger partial charge is 0.340 e. The van der Waals surface area contributed by atoms with E-state index in [1.165, 1.54) is 5.56 Å². The highest BCUT2D eigenvalue weighted by Crippen LogP contribution is 2.17. The molecule has 23 heavy (non-hydrogen) atoms. The molecule has 0 radical (unpaired) electrons. The van der Waals surface area contributed by atoms with Crippen molar-refractivity contribution >= 4 is 23.3 Å². The first kappa shape index (κ1) is 16.5. The summed E-state index contributed by atoms with van der Waals surface area (Å²) in [6.07, 6.45) is 0.934. The number of esters is 1. The molecular weight excluding hydrogens is 292 g/mol. The molecule has 120 valence electrons. The molecule has 0 saturated carbocycles. The van der Waals surface area contributed by atoms with E-state index in [0.717, 1.165) is 12.0 Å². The Hall–Kier alpha value is -2.82. The molecular formula is C18H20N2O3. The quantitative estimate of drug-likeness (QED) is 0.657. The maximum Gasteiger partial charge on any atom is 0.340 e. The number of anilines is 2. The number of nitrogens with two attached hydrogens (primary N) is 1. The van der Waals surface area contributed by atoms with Crippen LogP contribution in [0.15, 0.2) is 42.5 Å². The van der Waals surface area contributed by atoms with E-state index >= 15 is 0 Å². The highest BCUT2D eigenvalue weighted by Gasteiger charge is 2.14. The second-order valence-corrected chi connectivity index (χ2v) is 5.21. The van der Waals surface area contributed by atoms with Crippen molar-refractivity contribution in [3.05, 3.63) is 59.2 Å².